The number of hydrogen-bond acceptors (Lipinski definition) is 4. The molecule has 7 heteroatoms. The highest BCUT2D eigenvalue weighted by Gasteiger charge is 2.09. The smallest absolute Gasteiger partial charge is 0.255 e. The number of nitrogens with zero attached hydrogens (tertiary/aromatic N) is 1. The maximum absolute atomic E-state index is 12.1. The molecule has 3 aromatic rings. The van der Waals surface area contributed by atoms with Crippen molar-refractivity contribution in [3.05, 3.63) is 82.0 Å². The number of nitrogens with one attached hydrogen (secondary N) is 2. The molecule has 1 aromatic carbocycles. The zero-order valence-electron chi connectivity index (χ0n) is 12.3. The Labute approximate surface area is 142 Å². The molecule has 0 fully saturated rings. The van der Waals surface area contributed by atoms with Crippen LogP contribution in [0.2, 0.25) is 5.02 Å². The minimum atomic E-state index is -0.403. The molecule has 120 valence electrons. The average molecular weight is 342 g/mol. The second kappa shape index (κ2) is 6.97. The van der Waals surface area contributed by atoms with Crippen LogP contribution in [0.15, 0.2) is 65.8 Å². The molecule has 0 aliphatic heterocycles. The number of anilines is 1. The summed E-state index contributed by atoms with van der Waals surface area (Å²) >= 11 is 6.19. The lowest BCUT2D eigenvalue weighted by Crippen LogP contribution is -2.15. The molecule has 0 aliphatic rings. The lowest BCUT2D eigenvalue weighted by Gasteiger charge is -2.10. The number of pyridine rings is 2. The lowest BCUT2D eigenvalue weighted by molar-refractivity contribution is 0.102. The first-order chi connectivity index (χ1) is 11.6. The van der Waals surface area contributed by atoms with Gasteiger partial charge in [-0.1, -0.05) is 11.6 Å². The number of aromatic nitrogens is 2. The zero-order chi connectivity index (χ0) is 16.9. The number of hydrogen-bond donors (Lipinski definition) is 2. The van der Waals surface area contributed by atoms with Gasteiger partial charge in [0, 0.05) is 35.9 Å². The second-order valence-electron chi connectivity index (χ2n) is 4.83. The van der Waals surface area contributed by atoms with E-state index in [2.05, 4.69) is 15.3 Å². The van der Waals surface area contributed by atoms with E-state index >= 15 is 0 Å². The van der Waals surface area contributed by atoms with E-state index in [1.54, 1.807) is 42.7 Å². The van der Waals surface area contributed by atoms with Gasteiger partial charge in [0.2, 0.25) is 5.56 Å². The topological polar surface area (TPSA) is 84.1 Å². The third-order valence-electron chi connectivity index (χ3n) is 3.10. The van der Waals surface area contributed by atoms with Crippen molar-refractivity contribution in [3.63, 3.8) is 0 Å². The number of halogens is 1. The molecule has 2 aromatic heterocycles. The van der Waals surface area contributed by atoms with Gasteiger partial charge in [0.1, 0.15) is 11.5 Å². The Bertz CT molecular complexity index is 926. The first kappa shape index (κ1) is 15.8. The van der Waals surface area contributed by atoms with E-state index < -0.39 is 5.91 Å². The molecular formula is C17H12ClN3O3. The third kappa shape index (κ3) is 3.80. The van der Waals surface area contributed by atoms with Crippen LogP contribution in [0.25, 0.3) is 0 Å². The Balaban J connectivity index is 1.75. The van der Waals surface area contributed by atoms with Gasteiger partial charge in [-0.25, -0.2) is 0 Å². The third-order valence-corrected chi connectivity index (χ3v) is 3.40. The minimum absolute atomic E-state index is 0.256. The Morgan fingerprint density at radius 2 is 1.92 bits per heavy atom. The molecule has 24 heavy (non-hydrogen) atoms. The summed E-state index contributed by atoms with van der Waals surface area (Å²) in [7, 11) is 0. The van der Waals surface area contributed by atoms with Gasteiger partial charge < -0.3 is 15.0 Å². The molecule has 0 bridgehead atoms. The summed E-state index contributed by atoms with van der Waals surface area (Å²) in [6, 6.07) is 11.0. The maximum Gasteiger partial charge on any atom is 0.255 e. The van der Waals surface area contributed by atoms with Crippen LogP contribution < -0.4 is 15.6 Å². The molecule has 0 saturated carbocycles. The molecule has 0 atom stereocenters. The number of ether oxygens (including phenoxy) is 1. The molecule has 0 spiro atoms. The summed E-state index contributed by atoms with van der Waals surface area (Å²) < 4.78 is 5.64. The van der Waals surface area contributed by atoms with Gasteiger partial charge in [-0.15, -0.1) is 0 Å². The van der Waals surface area contributed by atoms with Crippen molar-refractivity contribution >= 4 is 23.2 Å². The van der Waals surface area contributed by atoms with Crippen molar-refractivity contribution in [1.29, 1.82) is 0 Å². The van der Waals surface area contributed by atoms with E-state index in [9.17, 15) is 9.59 Å². The van der Waals surface area contributed by atoms with E-state index in [4.69, 9.17) is 16.3 Å². The maximum atomic E-state index is 12.1. The van der Waals surface area contributed by atoms with E-state index in [0.717, 1.165) is 0 Å². The average Bonchev–Trinajstić information content (AvgIpc) is 2.58. The fraction of sp³-hybridized carbons (Fsp3) is 0. The monoisotopic (exact) mass is 341 g/mol. The van der Waals surface area contributed by atoms with Gasteiger partial charge in [-0.05, 0) is 36.4 Å². The van der Waals surface area contributed by atoms with Crippen molar-refractivity contribution in [2.24, 2.45) is 0 Å². The summed E-state index contributed by atoms with van der Waals surface area (Å²) in [5, 5.41) is 3.02. The minimum Gasteiger partial charge on any atom is -0.456 e. The van der Waals surface area contributed by atoms with Crippen LogP contribution in [-0.2, 0) is 0 Å². The normalized spacial score (nSPS) is 10.2. The predicted molar refractivity (Wildman–Crippen MR) is 90.8 cm³/mol. The van der Waals surface area contributed by atoms with Gasteiger partial charge in [-0.3, -0.25) is 14.6 Å². The van der Waals surface area contributed by atoms with Gasteiger partial charge >= 0.3 is 0 Å². The lowest BCUT2D eigenvalue weighted by atomic mass is 10.2. The molecule has 2 heterocycles. The van der Waals surface area contributed by atoms with Gasteiger partial charge in [0.05, 0.1) is 5.02 Å². The summed E-state index contributed by atoms with van der Waals surface area (Å²) in [5.74, 6) is 0.657. The van der Waals surface area contributed by atoms with Crippen molar-refractivity contribution in [2.75, 3.05) is 5.32 Å². The van der Waals surface area contributed by atoms with E-state index in [0.29, 0.717) is 22.2 Å². The first-order valence-electron chi connectivity index (χ1n) is 6.99. The predicted octanol–water partition coefficient (Wildman–Crippen LogP) is 3.47. The van der Waals surface area contributed by atoms with Crippen molar-refractivity contribution in [2.45, 2.75) is 0 Å². The number of benzene rings is 1. The van der Waals surface area contributed by atoms with E-state index in [-0.39, 0.29) is 11.1 Å². The molecule has 0 aliphatic carbocycles. The number of carbonyl (C=O) groups excluding carboxylic acids is 1. The van der Waals surface area contributed by atoms with Gasteiger partial charge in [-0.2, -0.15) is 0 Å². The number of aromatic amines is 1. The van der Waals surface area contributed by atoms with Crippen LogP contribution in [0.4, 0.5) is 5.69 Å². The summed E-state index contributed by atoms with van der Waals surface area (Å²) in [6.07, 6.45) is 4.63. The summed E-state index contributed by atoms with van der Waals surface area (Å²) in [6.45, 7) is 0. The van der Waals surface area contributed by atoms with Gasteiger partial charge in [0.25, 0.3) is 5.91 Å². The molecule has 2 N–H and O–H groups in total. The highest BCUT2D eigenvalue weighted by atomic mass is 35.5. The van der Waals surface area contributed by atoms with Crippen molar-refractivity contribution in [3.8, 4) is 11.5 Å². The Kier molecular flexibility index (Phi) is 4.58. The fourth-order valence-electron chi connectivity index (χ4n) is 1.98. The number of amides is 1. The Hall–Kier alpha value is -3.12. The molecule has 0 unspecified atom stereocenters. The number of carbonyl (C=O) groups is 1. The molecule has 0 saturated heterocycles. The van der Waals surface area contributed by atoms with Crippen molar-refractivity contribution < 1.29 is 9.53 Å². The van der Waals surface area contributed by atoms with Crippen LogP contribution >= 0.6 is 11.6 Å². The summed E-state index contributed by atoms with van der Waals surface area (Å²) in [5.41, 5.74) is 0.404. The Morgan fingerprint density at radius 1 is 1.12 bits per heavy atom. The quantitative estimate of drug-likeness (QED) is 0.761. The van der Waals surface area contributed by atoms with Gasteiger partial charge in [0.15, 0.2) is 0 Å². The van der Waals surface area contributed by atoms with Crippen molar-refractivity contribution in [1.82, 2.24) is 9.97 Å². The fourth-order valence-corrected chi connectivity index (χ4v) is 2.20. The first-order valence-corrected chi connectivity index (χ1v) is 7.37. The van der Waals surface area contributed by atoms with Crippen LogP contribution in [0.1, 0.15) is 10.4 Å². The molecule has 6 nitrogen and oxygen atoms in total. The van der Waals surface area contributed by atoms with Crippen LogP contribution in [0.3, 0.4) is 0 Å². The standard InChI is InChI=1S/C17H12ClN3O3/c18-14-10-12(21-17(23)11-3-8-20-16(22)9-11)1-2-15(14)24-13-4-6-19-7-5-13/h1-10H,(H,20,22)(H,21,23). The number of H-pyrrole nitrogens is 1. The number of rotatable bonds is 4. The Morgan fingerprint density at radius 3 is 2.62 bits per heavy atom. The SMILES string of the molecule is O=C(Nc1ccc(Oc2ccncc2)c(Cl)c1)c1cc[nH]c(=O)c1. The molecule has 1 amide bonds. The highest BCUT2D eigenvalue weighted by Crippen LogP contribution is 2.31. The summed E-state index contributed by atoms with van der Waals surface area (Å²) in [4.78, 5) is 29.7. The molecule has 0 radical (unpaired) electrons. The van der Waals surface area contributed by atoms with Crippen LogP contribution in [0.5, 0.6) is 11.5 Å². The van der Waals surface area contributed by atoms with Crippen LogP contribution in [-0.4, -0.2) is 15.9 Å². The second-order valence-corrected chi connectivity index (χ2v) is 5.23. The molecular weight excluding hydrogens is 330 g/mol. The molecule has 3 rings (SSSR count). The highest BCUT2D eigenvalue weighted by molar-refractivity contribution is 6.32. The zero-order valence-corrected chi connectivity index (χ0v) is 13.1. The van der Waals surface area contributed by atoms with Crippen LogP contribution in [0, 0.1) is 0 Å². The van der Waals surface area contributed by atoms with E-state index in [1.807, 2.05) is 0 Å². The van der Waals surface area contributed by atoms with E-state index in [1.165, 1.54) is 18.3 Å². The largest absolute Gasteiger partial charge is 0.456 e.